The quantitative estimate of drug-likeness (QED) is 0.835. The van der Waals surface area contributed by atoms with Crippen LogP contribution in [-0.2, 0) is 26.9 Å². The van der Waals surface area contributed by atoms with Crippen LogP contribution in [-0.4, -0.2) is 56.8 Å². The zero-order valence-electron chi connectivity index (χ0n) is 12.8. The number of ether oxygens (including phenoxy) is 1. The van der Waals surface area contributed by atoms with Crippen LogP contribution < -0.4 is 0 Å². The molecule has 1 aromatic carbocycles. The van der Waals surface area contributed by atoms with Crippen molar-refractivity contribution in [1.29, 1.82) is 0 Å². The lowest BCUT2D eigenvalue weighted by Crippen LogP contribution is -2.47. The van der Waals surface area contributed by atoms with Gasteiger partial charge in [-0.2, -0.15) is 0 Å². The van der Waals surface area contributed by atoms with E-state index in [1.54, 1.807) is 4.90 Å². The molecule has 23 heavy (non-hydrogen) atoms. The second-order valence-electron chi connectivity index (χ2n) is 5.77. The molecule has 2 saturated heterocycles. The highest BCUT2D eigenvalue weighted by Crippen LogP contribution is 2.22. The topological polar surface area (TPSA) is 66.9 Å². The molecule has 3 rings (SSSR count). The third-order valence-corrected chi connectivity index (χ3v) is 5.42. The van der Waals surface area contributed by atoms with E-state index in [0.29, 0.717) is 25.3 Å². The highest BCUT2D eigenvalue weighted by Gasteiger charge is 2.38. The maximum atomic E-state index is 12.5. The number of hydrogen-bond donors (Lipinski definition) is 0. The Kier molecular flexibility index (Phi) is 4.95. The molecule has 0 bridgehead atoms. The van der Waals surface area contributed by atoms with Gasteiger partial charge in [-0.1, -0.05) is 30.3 Å². The molecule has 2 aliphatic rings. The number of likely N-dealkylation sites (tertiary alicyclic amines) is 1. The zero-order valence-corrected chi connectivity index (χ0v) is 13.7. The molecule has 6 nitrogen and oxygen atoms in total. The Bertz CT molecular complexity index is 607. The Morgan fingerprint density at radius 1 is 1.22 bits per heavy atom. The van der Waals surface area contributed by atoms with E-state index in [-0.39, 0.29) is 18.4 Å². The lowest BCUT2D eigenvalue weighted by Gasteiger charge is -2.26. The SMILES string of the molecule is O=C([C@@H]1CCCN1C(=O)OCc1ccccc1)N1CCS(=O)C1. The van der Waals surface area contributed by atoms with Crippen LogP contribution in [0.15, 0.2) is 30.3 Å². The number of rotatable bonds is 3. The van der Waals surface area contributed by atoms with Crippen molar-refractivity contribution in [2.24, 2.45) is 0 Å². The molecule has 2 aliphatic heterocycles. The van der Waals surface area contributed by atoms with Crippen LogP contribution in [0.4, 0.5) is 4.79 Å². The molecule has 7 heteroatoms. The van der Waals surface area contributed by atoms with E-state index in [1.165, 1.54) is 4.90 Å². The van der Waals surface area contributed by atoms with E-state index in [0.717, 1.165) is 12.0 Å². The summed E-state index contributed by atoms with van der Waals surface area (Å²) in [5, 5.41) is 0. The Labute approximate surface area is 137 Å². The summed E-state index contributed by atoms with van der Waals surface area (Å²) in [5.41, 5.74) is 0.915. The van der Waals surface area contributed by atoms with Crippen LogP contribution >= 0.6 is 0 Å². The number of nitrogens with zero attached hydrogens (tertiary/aromatic N) is 2. The molecule has 0 aliphatic carbocycles. The Balaban J connectivity index is 1.58. The first-order valence-corrected chi connectivity index (χ1v) is 9.25. The van der Waals surface area contributed by atoms with E-state index in [2.05, 4.69) is 0 Å². The molecule has 2 atom stereocenters. The van der Waals surface area contributed by atoms with Crippen LogP contribution in [0.1, 0.15) is 18.4 Å². The highest BCUT2D eigenvalue weighted by atomic mass is 32.2. The summed E-state index contributed by atoms with van der Waals surface area (Å²) < 4.78 is 16.8. The molecule has 0 spiro atoms. The van der Waals surface area contributed by atoms with Crippen molar-refractivity contribution in [2.75, 3.05) is 24.7 Å². The zero-order chi connectivity index (χ0) is 16.2. The van der Waals surface area contributed by atoms with Gasteiger partial charge < -0.3 is 9.64 Å². The Morgan fingerprint density at radius 2 is 2.00 bits per heavy atom. The van der Waals surface area contributed by atoms with Gasteiger partial charge >= 0.3 is 6.09 Å². The smallest absolute Gasteiger partial charge is 0.410 e. The van der Waals surface area contributed by atoms with Crippen LogP contribution in [0.2, 0.25) is 0 Å². The largest absolute Gasteiger partial charge is 0.445 e. The molecule has 2 fully saturated rings. The summed E-state index contributed by atoms with van der Waals surface area (Å²) in [6, 6.07) is 8.98. The van der Waals surface area contributed by atoms with Gasteiger partial charge in [0.25, 0.3) is 0 Å². The number of carbonyl (C=O) groups excluding carboxylic acids is 2. The highest BCUT2D eigenvalue weighted by molar-refractivity contribution is 7.85. The third-order valence-electron chi connectivity index (χ3n) is 4.18. The summed E-state index contributed by atoms with van der Waals surface area (Å²) in [5.74, 6) is 0.698. The molecule has 1 aromatic rings. The van der Waals surface area contributed by atoms with Gasteiger partial charge in [0.05, 0.1) is 5.88 Å². The first kappa shape index (κ1) is 16.0. The van der Waals surface area contributed by atoms with Gasteiger partial charge in [0.1, 0.15) is 12.6 Å². The minimum atomic E-state index is -0.953. The van der Waals surface area contributed by atoms with Gasteiger partial charge in [-0.25, -0.2) is 4.79 Å². The average Bonchev–Trinajstić information content (AvgIpc) is 3.22. The third kappa shape index (κ3) is 3.72. The lowest BCUT2D eigenvalue weighted by molar-refractivity contribution is -0.134. The molecular weight excluding hydrogens is 316 g/mol. The maximum Gasteiger partial charge on any atom is 0.410 e. The summed E-state index contributed by atoms with van der Waals surface area (Å²) in [7, 11) is -0.953. The van der Waals surface area contributed by atoms with Crippen molar-refractivity contribution in [1.82, 2.24) is 9.80 Å². The second kappa shape index (κ2) is 7.12. The maximum absolute atomic E-state index is 12.5. The van der Waals surface area contributed by atoms with Crippen molar-refractivity contribution in [2.45, 2.75) is 25.5 Å². The first-order valence-electron chi connectivity index (χ1n) is 7.76. The van der Waals surface area contributed by atoms with Crippen molar-refractivity contribution >= 4 is 22.8 Å². The molecule has 0 radical (unpaired) electrons. The molecule has 124 valence electrons. The van der Waals surface area contributed by atoms with Gasteiger partial charge in [-0.15, -0.1) is 0 Å². The molecular formula is C16H20N2O4S. The molecule has 1 unspecified atom stereocenters. The summed E-state index contributed by atoms with van der Waals surface area (Å²) in [6.07, 6.45) is 0.973. The van der Waals surface area contributed by atoms with E-state index < -0.39 is 22.9 Å². The molecule has 0 saturated carbocycles. The number of amides is 2. The fourth-order valence-electron chi connectivity index (χ4n) is 2.94. The van der Waals surface area contributed by atoms with E-state index in [1.807, 2.05) is 30.3 Å². The minimum absolute atomic E-state index is 0.106. The van der Waals surface area contributed by atoms with Crippen molar-refractivity contribution in [3.8, 4) is 0 Å². The van der Waals surface area contributed by atoms with Gasteiger partial charge in [0, 0.05) is 29.6 Å². The summed E-state index contributed by atoms with van der Waals surface area (Å²) >= 11 is 0. The normalized spacial score (nSPS) is 24.0. The van der Waals surface area contributed by atoms with Crippen molar-refractivity contribution in [3.05, 3.63) is 35.9 Å². The predicted molar refractivity (Wildman–Crippen MR) is 85.9 cm³/mol. The average molecular weight is 336 g/mol. The summed E-state index contributed by atoms with van der Waals surface area (Å²) in [6.45, 7) is 1.24. The molecule has 2 heterocycles. The van der Waals surface area contributed by atoms with Gasteiger partial charge in [-0.05, 0) is 18.4 Å². The first-order chi connectivity index (χ1) is 11.1. The van der Waals surface area contributed by atoms with E-state index >= 15 is 0 Å². The Hall–Kier alpha value is -1.89. The van der Waals surface area contributed by atoms with Crippen molar-refractivity contribution in [3.63, 3.8) is 0 Å². The monoisotopic (exact) mass is 336 g/mol. The fraction of sp³-hybridized carbons (Fsp3) is 0.500. The van der Waals surface area contributed by atoms with Crippen molar-refractivity contribution < 1.29 is 18.5 Å². The standard InChI is InChI=1S/C16H20N2O4S/c19-15(17-9-10-23(21)12-17)14-7-4-8-18(14)16(20)22-11-13-5-2-1-3-6-13/h1-3,5-6,14H,4,7-12H2/t14-,23?/m0/s1. The molecule has 0 N–H and O–H groups in total. The van der Waals surface area contributed by atoms with Crippen LogP contribution in [0.3, 0.4) is 0 Å². The molecule has 0 aromatic heterocycles. The van der Waals surface area contributed by atoms with Crippen LogP contribution in [0.25, 0.3) is 0 Å². The lowest BCUT2D eigenvalue weighted by atomic mass is 10.2. The second-order valence-corrected chi connectivity index (χ2v) is 7.31. The summed E-state index contributed by atoms with van der Waals surface area (Å²) in [4.78, 5) is 27.9. The van der Waals surface area contributed by atoms with Gasteiger partial charge in [0.15, 0.2) is 0 Å². The fourth-order valence-corrected chi connectivity index (χ4v) is 4.10. The van der Waals surface area contributed by atoms with E-state index in [4.69, 9.17) is 4.74 Å². The number of hydrogen-bond acceptors (Lipinski definition) is 4. The Morgan fingerprint density at radius 3 is 2.70 bits per heavy atom. The number of carbonyl (C=O) groups is 2. The van der Waals surface area contributed by atoms with Gasteiger partial charge in [-0.3, -0.25) is 13.9 Å². The van der Waals surface area contributed by atoms with E-state index in [9.17, 15) is 13.8 Å². The predicted octanol–water partition coefficient (Wildman–Crippen LogP) is 1.34. The molecule has 2 amide bonds. The van der Waals surface area contributed by atoms with Crippen LogP contribution in [0.5, 0.6) is 0 Å². The van der Waals surface area contributed by atoms with Crippen LogP contribution in [0, 0.1) is 0 Å². The minimum Gasteiger partial charge on any atom is -0.445 e. The number of benzene rings is 1. The van der Waals surface area contributed by atoms with Gasteiger partial charge in [0.2, 0.25) is 5.91 Å².